The van der Waals surface area contributed by atoms with E-state index in [4.69, 9.17) is 0 Å². The van der Waals surface area contributed by atoms with Crippen molar-refractivity contribution in [1.29, 1.82) is 0 Å². The average Bonchev–Trinajstić information content (AvgIpc) is 2.40. The zero-order valence-corrected chi connectivity index (χ0v) is 8.38. The molecule has 1 N–H and O–H groups in total. The topological polar surface area (TPSA) is 15.3 Å². The summed E-state index contributed by atoms with van der Waals surface area (Å²) in [5.74, 6) is 0. The molecular formula is C7H19N2P. The quantitative estimate of drug-likeness (QED) is 0.581. The first-order valence-electron chi connectivity index (χ1n) is 4.00. The van der Waals surface area contributed by atoms with E-state index in [0.717, 1.165) is 6.04 Å². The Hall–Kier alpha value is 0.350. The molecule has 0 aromatic rings. The first kappa shape index (κ1) is 10.3. The third kappa shape index (κ3) is 3.50. The molecule has 2 atom stereocenters. The van der Waals surface area contributed by atoms with E-state index < -0.39 is 0 Å². The van der Waals surface area contributed by atoms with Gasteiger partial charge in [-0.25, -0.2) is 0 Å². The van der Waals surface area contributed by atoms with Crippen molar-refractivity contribution in [3.63, 3.8) is 0 Å². The fourth-order valence-corrected chi connectivity index (χ4v) is 1.43. The minimum absolute atomic E-state index is 0.729. The molecule has 62 valence electrons. The van der Waals surface area contributed by atoms with Crippen LogP contribution in [0.15, 0.2) is 0 Å². The van der Waals surface area contributed by atoms with Crippen LogP contribution in [-0.4, -0.2) is 30.8 Å². The molecule has 1 heterocycles. The second kappa shape index (κ2) is 6.09. The highest BCUT2D eigenvalue weighted by Crippen LogP contribution is 2.11. The van der Waals surface area contributed by atoms with Gasteiger partial charge in [0, 0.05) is 19.1 Å². The van der Waals surface area contributed by atoms with Gasteiger partial charge in [-0.15, -0.1) is 0 Å². The Morgan fingerprint density at radius 2 is 2.10 bits per heavy atom. The maximum absolute atomic E-state index is 3.24. The number of nitrogens with zero attached hydrogens (tertiary/aromatic N) is 1. The smallest absolute Gasteiger partial charge is 0.0207 e. The maximum atomic E-state index is 3.24. The molecule has 1 saturated heterocycles. The number of hydrogen-bond donors (Lipinski definition) is 1. The van der Waals surface area contributed by atoms with E-state index in [-0.39, 0.29) is 0 Å². The van der Waals surface area contributed by atoms with Gasteiger partial charge in [-0.05, 0) is 13.5 Å². The van der Waals surface area contributed by atoms with E-state index >= 15 is 0 Å². The SMILES string of the molecule is CC.CNC1CCN(P)C1. The molecule has 1 rings (SSSR count). The summed E-state index contributed by atoms with van der Waals surface area (Å²) in [6.45, 7) is 6.40. The summed E-state index contributed by atoms with van der Waals surface area (Å²) in [5.41, 5.74) is 0. The van der Waals surface area contributed by atoms with Crippen molar-refractivity contribution in [3.8, 4) is 0 Å². The Bertz CT molecular complexity index is 78.0. The van der Waals surface area contributed by atoms with Crippen molar-refractivity contribution in [2.24, 2.45) is 0 Å². The van der Waals surface area contributed by atoms with E-state index in [1.165, 1.54) is 19.5 Å². The molecule has 0 aromatic carbocycles. The molecular weight excluding hydrogens is 143 g/mol. The van der Waals surface area contributed by atoms with Gasteiger partial charge in [-0.3, -0.25) is 4.67 Å². The van der Waals surface area contributed by atoms with E-state index in [0.29, 0.717) is 0 Å². The zero-order valence-electron chi connectivity index (χ0n) is 7.22. The van der Waals surface area contributed by atoms with E-state index in [2.05, 4.69) is 19.4 Å². The fraction of sp³-hybridized carbons (Fsp3) is 1.00. The lowest BCUT2D eigenvalue weighted by atomic mass is 10.3. The molecule has 1 aliphatic rings. The summed E-state index contributed by atoms with van der Waals surface area (Å²) in [5, 5.41) is 3.24. The predicted molar refractivity (Wildman–Crippen MR) is 50.1 cm³/mol. The minimum atomic E-state index is 0.729. The molecule has 3 heteroatoms. The average molecular weight is 162 g/mol. The Morgan fingerprint density at radius 1 is 1.50 bits per heavy atom. The monoisotopic (exact) mass is 162 g/mol. The number of nitrogens with one attached hydrogen (secondary N) is 1. The second-order valence-corrected chi connectivity index (χ2v) is 3.00. The Morgan fingerprint density at radius 3 is 2.30 bits per heavy atom. The summed E-state index contributed by atoms with van der Waals surface area (Å²) in [6, 6.07) is 0.729. The molecule has 1 fully saturated rings. The van der Waals surface area contributed by atoms with Gasteiger partial charge in [0.05, 0.1) is 0 Å². The van der Waals surface area contributed by atoms with Crippen LogP contribution in [0.1, 0.15) is 20.3 Å². The molecule has 0 spiro atoms. The zero-order chi connectivity index (χ0) is 7.98. The van der Waals surface area contributed by atoms with Crippen molar-refractivity contribution < 1.29 is 0 Å². The van der Waals surface area contributed by atoms with Gasteiger partial charge in [-0.2, -0.15) is 0 Å². The lowest BCUT2D eigenvalue weighted by Gasteiger charge is -2.06. The standard InChI is InChI=1S/C5H13N2P.C2H6/c1-6-5-2-3-7(8)4-5;1-2/h5-6H,2-4,8H2,1H3;1-2H3. The van der Waals surface area contributed by atoms with Gasteiger partial charge in [0.15, 0.2) is 0 Å². The summed E-state index contributed by atoms with van der Waals surface area (Å²) in [6.07, 6.45) is 1.29. The molecule has 0 saturated carbocycles. The van der Waals surface area contributed by atoms with Crippen LogP contribution in [0.2, 0.25) is 0 Å². The van der Waals surface area contributed by atoms with E-state index in [1.807, 2.05) is 20.9 Å². The summed E-state index contributed by atoms with van der Waals surface area (Å²) >= 11 is 0. The van der Waals surface area contributed by atoms with Gasteiger partial charge in [0.1, 0.15) is 0 Å². The molecule has 0 amide bonds. The summed E-state index contributed by atoms with van der Waals surface area (Å²) in [7, 11) is 4.74. The van der Waals surface area contributed by atoms with Crippen molar-refractivity contribution in [3.05, 3.63) is 0 Å². The third-order valence-corrected chi connectivity index (χ3v) is 2.10. The van der Waals surface area contributed by atoms with Gasteiger partial charge >= 0.3 is 0 Å². The molecule has 10 heavy (non-hydrogen) atoms. The fourth-order valence-electron chi connectivity index (χ4n) is 1.02. The van der Waals surface area contributed by atoms with Gasteiger partial charge in [0.2, 0.25) is 0 Å². The molecule has 0 aromatic heterocycles. The van der Waals surface area contributed by atoms with Crippen molar-refractivity contribution >= 4 is 9.39 Å². The van der Waals surface area contributed by atoms with Crippen LogP contribution in [0.25, 0.3) is 0 Å². The molecule has 0 radical (unpaired) electrons. The highest BCUT2D eigenvalue weighted by Gasteiger charge is 2.16. The van der Waals surface area contributed by atoms with Crippen LogP contribution >= 0.6 is 9.39 Å². The Labute approximate surface area is 66.6 Å². The van der Waals surface area contributed by atoms with E-state index in [1.54, 1.807) is 0 Å². The van der Waals surface area contributed by atoms with Gasteiger partial charge in [0.25, 0.3) is 0 Å². The van der Waals surface area contributed by atoms with Crippen LogP contribution in [0.5, 0.6) is 0 Å². The van der Waals surface area contributed by atoms with Crippen LogP contribution in [0, 0.1) is 0 Å². The molecule has 2 unspecified atom stereocenters. The second-order valence-electron chi connectivity index (χ2n) is 2.27. The summed E-state index contributed by atoms with van der Waals surface area (Å²) < 4.78 is 2.27. The van der Waals surface area contributed by atoms with E-state index in [9.17, 15) is 0 Å². The Balaban J connectivity index is 0.000000371. The van der Waals surface area contributed by atoms with Crippen LogP contribution in [0.3, 0.4) is 0 Å². The molecule has 1 aliphatic heterocycles. The van der Waals surface area contributed by atoms with Gasteiger partial charge in [-0.1, -0.05) is 23.2 Å². The minimum Gasteiger partial charge on any atom is -0.316 e. The first-order valence-corrected chi connectivity index (χ1v) is 4.51. The summed E-state index contributed by atoms with van der Waals surface area (Å²) in [4.78, 5) is 0. The third-order valence-electron chi connectivity index (χ3n) is 1.63. The predicted octanol–water partition coefficient (Wildman–Crippen LogP) is 1.10. The first-order chi connectivity index (χ1) is 4.83. The largest absolute Gasteiger partial charge is 0.316 e. The highest BCUT2D eigenvalue weighted by molar-refractivity contribution is 7.13. The molecule has 2 nitrogen and oxygen atoms in total. The number of hydrogen-bond acceptors (Lipinski definition) is 2. The maximum Gasteiger partial charge on any atom is 0.0207 e. The normalized spacial score (nSPS) is 25.8. The van der Waals surface area contributed by atoms with Crippen LogP contribution in [-0.2, 0) is 0 Å². The van der Waals surface area contributed by atoms with Crippen molar-refractivity contribution in [2.75, 3.05) is 20.1 Å². The van der Waals surface area contributed by atoms with Crippen molar-refractivity contribution in [2.45, 2.75) is 26.3 Å². The molecule has 0 bridgehead atoms. The van der Waals surface area contributed by atoms with Crippen LogP contribution < -0.4 is 5.32 Å². The highest BCUT2D eigenvalue weighted by atomic mass is 31.0. The van der Waals surface area contributed by atoms with Crippen molar-refractivity contribution in [1.82, 2.24) is 9.99 Å². The lowest BCUT2D eigenvalue weighted by Crippen LogP contribution is -2.26. The number of likely N-dealkylation sites (N-methyl/N-ethyl adjacent to an activating group) is 1. The lowest BCUT2D eigenvalue weighted by molar-refractivity contribution is 0.542. The molecule has 0 aliphatic carbocycles. The van der Waals surface area contributed by atoms with Crippen LogP contribution in [0.4, 0.5) is 0 Å². The Kier molecular flexibility index (Phi) is 6.30. The number of rotatable bonds is 1. The van der Waals surface area contributed by atoms with Gasteiger partial charge < -0.3 is 5.32 Å².